The molecular weight excluding hydrogens is 370 g/mol. The van der Waals surface area contributed by atoms with Gasteiger partial charge in [-0.15, -0.1) is 0 Å². The Morgan fingerprint density at radius 2 is 1.93 bits per heavy atom. The molecule has 2 heterocycles. The first-order valence-corrected chi connectivity index (χ1v) is 9.15. The number of rotatable bonds is 3. The number of hydrogen-bond donors (Lipinski definition) is 2. The molecule has 0 unspecified atom stereocenters. The Bertz CT molecular complexity index is 1160. The number of H-pyrrole nitrogens is 1. The van der Waals surface area contributed by atoms with E-state index < -0.39 is 5.60 Å². The highest BCUT2D eigenvalue weighted by Crippen LogP contribution is 2.33. The van der Waals surface area contributed by atoms with Crippen LogP contribution in [-0.2, 0) is 0 Å². The predicted octanol–water partition coefficient (Wildman–Crippen LogP) is 3.43. The molecule has 2 aromatic carbocycles. The lowest BCUT2D eigenvalue weighted by Gasteiger charge is -2.31. The van der Waals surface area contributed by atoms with Crippen LogP contribution in [-0.4, -0.2) is 27.5 Å². The van der Waals surface area contributed by atoms with Crippen LogP contribution in [0.3, 0.4) is 0 Å². The number of carbonyl (C=O) groups is 2. The summed E-state index contributed by atoms with van der Waals surface area (Å²) in [5.74, 6) is 0.114. The summed E-state index contributed by atoms with van der Waals surface area (Å²) in [7, 11) is 0. The molecule has 1 aliphatic heterocycles. The van der Waals surface area contributed by atoms with Crippen molar-refractivity contribution in [3.63, 3.8) is 0 Å². The number of nitrogens with one attached hydrogen (secondary N) is 2. The number of Topliss-reactive ketones (excluding diaryl/α,β-unsaturated/α-hetero) is 1. The van der Waals surface area contributed by atoms with E-state index in [0.717, 1.165) is 5.56 Å². The van der Waals surface area contributed by atoms with Gasteiger partial charge in [0.15, 0.2) is 5.78 Å². The maximum atomic E-state index is 12.7. The van der Waals surface area contributed by atoms with Gasteiger partial charge in [0, 0.05) is 22.9 Å². The van der Waals surface area contributed by atoms with Gasteiger partial charge in [-0.1, -0.05) is 12.1 Å². The molecule has 0 fully saturated rings. The Labute approximate surface area is 166 Å². The molecule has 29 heavy (non-hydrogen) atoms. The van der Waals surface area contributed by atoms with Crippen LogP contribution in [0.1, 0.15) is 41.0 Å². The van der Waals surface area contributed by atoms with Gasteiger partial charge in [-0.25, -0.2) is 5.10 Å². The van der Waals surface area contributed by atoms with E-state index in [9.17, 15) is 14.4 Å². The number of amides is 1. The average molecular weight is 389 g/mol. The monoisotopic (exact) mass is 389 g/mol. The summed E-state index contributed by atoms with van der Waals surface area (Å²) in [5.41, 5.74) is 1.85. The van der Waals surface area contributed by atoms with Crippen LogP contribution in [0.2, 0.25) is 0 Å². The molecule has 0 saturated carbocycles. The number of aromatic amines is 1. The highest BCUT2D eigenvalue weighted by atomic mass is 16.5. The van der Waals surface area contributed by atoms with E-state index >= 15 is 0 Å². The quantitative estimate of drug-likeness (QED) is 0.715. The number of aromatic nitrogens is 2. The maximum absolute atomic E-state index is 12.7. The third-order valence-electron chi connectivity index (χ3n) is 4.61. The first kappa shape index (κ1) is 18.6. The van der Waals surface area contributed by atoms with E-state index in [1.54, 1.807) is 42.5 Å². The zero-order valence-corrected chi connectivity index (χ0v) is 16.0. The largest absolute Gasteiger partial charge is 0.487 e. The summed E-state index contributed by atoms with van der Waals surface area (Å²) in [6.45, 7) is 3.72. The van der Waals surface area contributed by atoms with E-state index in [0.29, 0.717) is 28.3 Å². The molecule has 0 bridgehead atoms. The molecule has 2 N–H and O–H groups in total. The number of nitrogens with zero attached hydrogens (tertiary/aromatic N) is 1. The zero-order chi connectivity index (χ0) is 20.6. The Morgan fingerprint density at radius 3 is 2.69 bits per heavy atom. The minimum atomic E-state index is -0.552. The highest BCUT2D eigenvalue weighted by Gasteiger charge is 2.32. The van der Waals surface area contributed by atoms with Gasteiger partial charge in [0.2, 0.25) is 0 Å². The number of ether oxygens (including phenoxy) is 1. The second-order valence-electron chi connectivity index (χ2n) is 7.51. The number of carbonyl (C=O) groups excluding carboxylic acids is 2. The van der Waals surface area contributed by atoms with Crippen LogP contribution in [0.4, 0.5) is 5.69 Å². The molecule has 0 saturated heterocycles. The molecule has 146 valence electrons. The van der Waals surface area contributed by atoms with Gasteiger partial charge in [0.25, 0.3) is 11.5 Å². The van der Waals surface area contributed by atoms with Crippen molar-refractivity contribution < 1.29 is 14.3 Å². The number of anilines is 1. The molecule has 1 aromatic heterocycles. The molecule has 3 aromatic rings. The van der Waals surface area contributed by atoms with Crippen molar-refractivity contribution >= 4 is 17.4 Å². The fourth-order valence-corrected chi connectivity index (χ4v) is 3.26. The summed E-state index contributed by atoms with van der Waals surface area (Å²) in [6, 6.07) is 15.0. The molecule has 0 radical (unpaired) electrons. The number of ketones is 1. The minimum Gasteiger partial charge on any atom is -0.487 e. The van der Waals surface area contributed by atoms with Crippen LogP contribution in [0, 0.1) is 0 Å². The minimum absolute atomic E-state index is 0.0444. The van der Waals surface area contributed by atoms with E-state index in [1.807, 2.05) is 19.9 Å². The van der Waals surface area contributed by atoms with Gasteiger partial charge < -0.3 is 10.1 Å². The molecule has 0 spiro atoms. The van der Waals surface area contributed by atoms with Crippen molar-refractivity contribution in [1.29, 1.82) is 0 Å². The van der Waals surface area contributed by atoms with Crippen molar-refractivity contribution in [2.24, 2.45) is 0 Å². The molecule has 0 atom stereocenters. The Balaban J connectivity index is 1.57. The van der Waals surface area contributed by atoms with Crippen molar-refractivity contribution in [3.05, 3.63) is 76.1 Å². The highest BCUT2D eigenvalue weighted by molar-refractivity contribution is 6.08. The van der Waals surface area contributed by atoms with Crippen molar-refractivity contribution in [2.45, 2.75) is 25.9 Å². The van der Waals surface area contributed by atoms with Crippen LogP contribution < -0.4 is 15.6 Å². The van der Waals surface area contributed by atoms with E-state index in [4.69, 9.17) is 4.74 Å². The third-order valence-corrected chi connectivity index (χ3v) is 4.61. The molecule has 4 rings (SSSR count). The van der Waals surface area contributed by atoms with Crippen molar-refractivity contribution in [2.75, 3.05) is 5.32 Å². The van der Waals surface area contributed by atoms with E-state index in [2.05, 4.69) is 15.5 Å². The Hall–Kier alpha value is -3.74. The lowest BCUT2D eigenvalue weighted by atomic mass is 9.92. The second-order valence-corrected chi connectivity index (χ2v) is 7.51. The maximum Gasteiger partial charge on any atom is 0.264 e. The molecular formula is C22H19N3O4. The summed E-state index contributed by atoms with van der Waals surface area (Å²) in [5, 5.41) is 9.21. The van der Waals surface area contributed by atoms with Crippen LogP contribution in [0.5, 0.6) is 5.75 Å². The second kappa shape index (κ2) is 7.01. The third kappa shape index (κ3) is 3.94. The fourth-order valence-electron chi connectivity index (χ4n) is 3.26. The summed E-state index contributed by atoms with van der Waals surface area (Å²) in [6.07, 6.45) is 0.263. The topological polar surface area (TPSA) is 101 Å². The lowest BCUT2D eigenvalue weighted by Crippen LogP contribution is -2.36. The normalized spacial score (nSPS) is 14.6. The van der Waals surface area contributed by atoms with Crippen LogP contribution in [0.25, 0.3) is 11.3 Å². The van der Waals surface area contributed by atoms with E-state index in [1.165, 1.54) is 6.07 Å². The number of benzene rings is 2. The Morgan fingerprint density at radius 1 is 1.10 bits per heavy atom. The first-order valence-electron chi connectivity index (χ1n) is 9.15. The van der Waals surface area contributed by atoms with Crippen LogP contribution in [0.15, 0.2) is 59.4 Å². The van der Waals surface area contributed by atoms with Gasteiger partial charge in [-0.05, 0) is 50.2 Å². The summed E-state index contributed by atoms with van der Waals surface area (Å²) in [4.78, 5) is 36.3. The molecule has 1 amide bonds. The zero-order valence-electron chi connectivity index (χ0n) is 16.0. The van der Waals surface area contributed by atoms with Crippen molar-refractivity contribution in [3.8, 4) is 17.0 Å². The molecule has 7 heteroatoms. The van der Waals surface area contributed by atoms with Crippen LogP contribution >= 0.6 is 0 Å². The number of fused-ring (bicyclic) bond motifs is 1. The van der Waals surface area contributed by atoms with Gasteiger partial charge in [0.1, 0.15) is 11.4 Å². The Kier molecular flexibility index (Phi) is 4.50. The van der Waals surface area contributed by atoms with Gasteiger partial charge in [-0.3, -0.25) is 14.4 Å². The predicted molar refractivity (Wildman–Crippen MR) is 108 cm³/mol. The first-order chi connectivity index (χ1) is 13.8. The van der Waals surface area contributed by atoms with Gasteiger partial charge in [-0.2, -0.15) is 5.10 Å². The standard InChI is InChI=1S/C22H19N3O4/c1-22(2)12-18(26)16-11-14(6-8-19(16)29-22)21(28)23-15-5-3-4-13(10-15)17-7-9-20(27)25-24-17/h3-11H,12H2,1-2H3,(H,23,28)(H,25,27). The fraction of sp³-hybridized carbons (Fsp3) is 0.182. The smallest absolute Gasteiger partial charge is 0.264 e. The lowest BCUT2D eigenvalue weighted by molar-refractivity contribution is 0.0620. The van der Waals surface area contributed by atoms with Crippen molar-refractivity contribution in [1.82, 2.24) is 10.2 Å². The van der Waals surface area contributed by atoms with Gasteiger partial charge >= 0.3 is 0 Å². The van der Waals surface area contributed by atoms with Gasteiger partial charge in [0.05, 0.1) is 17.7 Å². The molecule has 7 nitrogen and oxygen atoms in total. The summed E-state index contributed by atoms with van der Waals surface area (Å²) >= 11 is 0. The number of hydrogen-bond acceptors (Lipinski definition) is 5. The average Bonchev–Trinajstić information content (AvgIpc) is 2.67. The SMILES string of the molecule is CC1(C)CC(=O)c2cc(C(=O)Nc3cccc(-c4ccc(=O)[nH]n4)c3)ccc2O1. The van der Waals surface area contributed by atoms with E-state index in [-0.39, 0.29) is 23.7 Å². The molecule has 1 aliphatic rings. The molecule has 0 aliphatic carbocycles. The summed E-state index contributed by atoms with van der Waals surface area (Å²) < 4.78 is 5.83.